The minimum Gasteiger partial charge on any atom is -0.494 e. The predicted octanol–water partition coefficient (Wildman–Crippen LogP) is 7.64. The summed E-state index contributed by atoms with van der Waals surface area (Å²) in [5, 5.41) is 12.1. The first-order chi connectivity index (χ1) is 22.3. The van der Waals surface area contributed by atoms with Crippen molar-refractivity contribution < 1.29 is 47.0 Å². The van der Waals surface area contributed by atoms with Crippen LogP contribution in [0.2, 0.25) is 0 Å². The van der Waals surface area contributed by atoms with E-state index in [2.05, 4.69) is 4.98 Å². The molecule has 0 radical (unpaired) electrons. The van der Waals surface area contributed by atoms with Gasteiger partial charge in [0, 0.05) is 17.5 Å². The largest absolute Gasteiger partial charge is 0.494 e. The van der Waals surface area contributed by atoms with E-state index < -0.39 is 74.2 Å². The van der Waals surface area contributed by atoms with Crippen LogP contribution >= 0.6 is 0 Å². The number of ketones is 1. The van der Waals surface area contributed by atoms with Gasteiger partial charge in [0.1, 0.15) is 34.0 Å². The van der Waals surface area contributed by atoms with E-state index in [0.717, 1.165) is 42.0 Å². The van der Waals surface area contributed by atoms with E-state index in [1.54, 1.807) is 54.5 Å². The second kappa shape index (κ2) is 12.9. The Labute approximate surface area is 274 Å². The zero-order chi connectivity index (χ0) is 35.9. The number of anilines is 2. The van der Waals surface area contributed by atoms with E-state index in [0.29, 0.717) is 5.56 Å². The van der Waals surface area contributed by atoms with Crippen LogP contribution in [0, 0.1) is 28.7 Å². The van der Waals surface area contributed by atoms with Gasteiger partial charge in [-0.15, -0.1) is 0 Å². The van der Waals surface area contributed by atoms with Gasteiger partial charge in [-0.1, -0.05) is 12.1 Å². The van der Waals surface area contributed by atoms with Crippen LogP contribution in [0.25, 0.3) is 10.9 Å². The molecule has 0 unspecified atom stereocenters. The van der Waals surface area contributed by atoms with E-state index in [4.69, 9.17) is 18.9 Å². The van der Waals surface area contributed by atoms with Gasteiger partial charge in [0.25, 0.3) is 5.69 Å². The predicted molar refractivity (Wildman–Crippen MR) is 170 cm³/mol. The molecule has 0 fully saturated rings. The fourth-order valence-corrected chi connectivity index (χ4v) is 4.79. The topological polar surface area (TPSA) is 152 Å². The second-order valence-corrected chi connectivity index (χ2v) is 12.6. The second-order valence-electron chi connectivity index (χ2n) is 12.6. The number of carbonyl (C=O) groups excluding carboxylic acids is 3. The summed E-state index contributed by atoms with van der Waals surface area (Å²) in [7, 11) is 2.23. The van der Waals surface area contributed by atoms with Crippen LogP contribution in [0.5, 0.6) is 11.5 Å². The van der Waals surface area contributed by atoms with Gasteiger partial charge in [-0.25, -0.2) is 32.8 Å². The van der Waals surface area contributed by atoms with Crippen LogP contribution in [0.1, 0.15) is 63.2 Å². The highest BCUT2D eigenvalue weighted by Crippen LogP contribution is 2.39. The molecular formula is C33H34F2N4O9. The van der Waals surface area contributed by atoms with Crippen LogP contribution < -0.4 is 14.4 Å². The number of para-hydroxylation sites is 1. The average Bonchev–Trinajstić information content (AvgIpc) is 3.35. The fraction of sp³-hybridized carbons (Fsp3) is 0.333. The minimum atomic E-state index is -1.34. The molecule has 2 heterocycles. The summed E-state index contributed by atoms with van der Waals surface area (Å²) in [5.41, 5.74) is -3.97. The highest BCUT2D eigenvalue weighted by molar-refractivity contribution is 6.14. The first-order valence-corrected chi connectivity index (χ1v) is 14.5. The lowest BCUT2D eigenvalue weighted by atomic mass is 10.0. The van der Waals surface area contributed by atoms with Gasteiger partial charge in [-0.2, -0.15) is 0 Å². The van der Waals surface area contributed by atoms with Crippen molar-refractivity contribution in [3.63, 3.8) is 0 Å². The van der Waals surface area contributed by atoms with Crippen LogP contribution in [-0.4, -0.2) is 57.9 Å². The molecule has 4 aromatic rings. The molecular weight excluding hydrogens is 634 g/mol. The molecule has 0 bridgehead atoms. The van der Waals surface area contributed by atoms with Crippen molar-refractivity contribution in [3.05, 3.63) is 81.2 Å². The Balaban J connectivity index is 2.04. The Morgan fingerprint density at radius 3 is 2.02 bits per heavy atom. The van der Waals surface area contributed by atoms with Gasteiger partial charge in [0.05, 0.1) is 30.9 Å². The zero-order valence-corrected chi connectivity index (χ0v) is 27.8. The maximum Gasteiger partial charge on any atom is 0.420 e. The number of fused-ring (bicyclic) bond motifs is 1. The van der Waals surface area contributed by atoms with Crippen LogP contribution in [0.3, 0.4) is 0 Å². The number of pyridine rings is 1. The van der Waals surface area contributed by atoms with Crippen molar-refractivity contribution in [2.24, 2.45) is 0 Å². The highest BCUT2D eigenvalue weighted by atomic mass is 19.1. The number of hydrogen-bond acceptors (Lipinski definition) is 10. The number of aryl methyl sites for hydroxylation is 1. The van der Waals surface area contributed by atoms with Gasteiger partial charge < -0.3 is 18.9 Å². The molecule has 1 amide bonds. The Kier molecular flexibility index (Phi) is 9.47. The minimum absolute atomic E-state index is 0.0459. The van der Waals surface area contributed by atoms with Gasteiger partial charge in [-0.3, -0.25) is 14.9 Å². The SMILES string of the molecule is COc1cc(OC)c(F)c(C(=O)c2cc3cc(N(C(=O)OC(C)(C)C)c4c(C)cccc4[N+](=O)[O-])ncc3n2C(=O)OC(C)(C)C)c1F. The summed E-state index contributed by atoms with van der Waals surface area (Å²) in [6, 6.07) is 7.56. The number of nitro groups is 1. The van der Waals surface area contributed by atoms with Gasteiger partial charge >= 0.3 is 12.2 Å². The fourth-order valence-electron chi connectivity index (χ4n) is 4.79. The third kappa shape index (κ3) is 6.89. The number of benzene rings is 2. The molecule has 13 nitrogen and oxygen atoms in total. The van der Waals surface area contributed by atoms with E-state index in [9.17, 15) is 24.5 Å². The smallest absolute Gasteiger partial charge is 0.420 e. The van der Waals surface area contributed by atoms with Crippen LogP contribution in [0.4, 0.5) is 35.6 Å². The third-order valence-electron chi connectivity index (χ3n) is 6.72. The molecule has 0 saturated carbocycles. The molecule has 254 valence electrons. The van der Waals surface area contributed by atoms with Gasteiger partial charge in [0.15, 0.2) is 23.1 Å². The lowest BCUT2D eigenvalue weighted by molar-refractivity contribution is -0.384. The first kappa shape index (κ1) is 35.3. The molecule has 0 atom stereocenters. The van der Waals surface area contributed by atoms with Crippen molar-refractivity contribution in [3.8, 4) is 11.5 Å². The average molecular weight is 669 g/mol. The van der Waals surface area contributed by atoms with Crippen molar-refractivity contribution in [2.75, 3.05) is 19.1 Å². The van der Waals surface area contributed by atoms with E-state index >= 15 is 8.78 Å². The molecule has 2 aromatic carbocycles. The van der Waals surface area contributed by atoms with Crippen LogP contribution in [0.15, 0.2) is 42.6 Å². The highest BCUT2D eigenvalue weighted by Gasteiger charge is 2.35. The number of halogens is 2. The molecule has 4 rings (SSSR count). The Morgan fingerprint density at radius 1 is 0.917 bits per heavy atom. The number of nitrogens with zero attached hydrogens (tertiary/aromatic N) is 4. The van der Waals surface area contributed by atoms with Crippen molar-refractivity contribution >= 4 is 46.1 Å². The number of nitro benzene ring substituents is 1. The number of aromatic nitrogens is 2. The summed E-state index contributed by atoms with van der Waals surface area (Å²) in [6.07, 6.45) is -0.974. The summed E-state index contributed by atoms with van der Waals surface area (Å²) in [5.74, 6) is -5.13. The first-order valence-electron chi connectivity index (χ1n) is 14.5. The quantitative estimate of drug-likeness (QED) is 0.109. The van der Waals surface area contributed by atoms with E-state index in [-0.39, 0.29) is 22.4 Å². The van der Waals surface area contributed by atoms with Crippen LogP contribution in [-0.2, 0) is 9.47 Å². The molecule has 0 aliphatic carbocycles. The molecule has 0 spiro atoms. The molecule has 0 saturated heterocycles. The Bertz CT molecular complexity index is 1930. The number of carbonyl (C=O) groups is 3. The van der Waals surface area contributed by atoms with Gasteiger partial charge in [0.2, 0.25) is 5.78 Å². The standard InChI is InChI=1S/C33H34F2N4O9/c1-17-11-10-12-19(39(43)44)28(17)38(31(42)48-33(5,6)7)24-14-18-13-20(37(21(18)16-36-24)30(41)47-32(2,3)4)29(40)25-26(34)22(45-8)15-23(46-9)27(25)35/h10-16H,1-9H3. The Morgan fingerprint density at radius 2 is 1.50 bits per heavy atom. The molecule has 2 aromatic heterocycles. The number of ether oxygens (including phenoxy) is 4. The normalized spacial score (nSPS) is 11.6. The van der Waals surface area contributed by atoms with Gasteiger partial charge in [-0.05, 0) is 66.2 Å². The maximum absolute atomic E-state index is 15.5. The summed E-state index contributed by atoms with van der Waals surface area (Å²) < 4.78 is 52.8. The lowest BCUT2D eigenvalue weighted by Crippen LogP contribution is -2.35. The van der Waals surface area contributed by atoms with E-state index in [1.807, 2.05) is 0 Å². The lowest BCUT2D eigenvalue weighted by Gasteiger charge is -2.27. The summed E-state index contributed by atoms with van der Waals surface area (Å²) in [4.78, 5) is 57.8. The van der Waals surface area contributed by atoms with Crippen molar-refractivity contribution in [1.29, 1.82) is 0 Å². The van der Waals surface area contributed by atoms with E-state index in [1.165, 1.54) is 18.2 Å². The zero-order valence-electron chi connectivity index (χ0n) is 27.8. The third-order valence-corrected chi connectivity index (χ3v) is 6.72. The van der Waals surface area contributed by atoms with Crippen molar-refractivity contribution in [1.82, 2.24) is 9.55 Å². The van der Waals surface area contributed by atoms with Crippen molar-refractivity contribution in [2.45, 2.75) is 59.7 Å². The molecule has 0 aliphatic heterocycles. The molecule has 0 N–H and O–H groups in total. The summed E-state index contributed by atoms with van der Waals surface area (Å²) in [6.45, 7) is 11.1. The monoisotopic (exact) mass is 668 g/mol. The number of hydrogen-bond donors (Lipinski definition) is 0. The molecule has 15 heteroatoms. The molecule has 48 heavy (non-hydrogen) atoms. The maximum atomic E-state index is 15.5. The molecule has 0 aliphatic rings. The number of amides is 1. The summed E-state index contributed by atoms with van der Waals surface area (Å²) >= 11 is 0. The Hall–Kier alpha value is -5.60. The number of methoxy groups -OCH3 is 2. The number of rotatable bonds is 7.